The Balaban J connectivity index is 2.47. The van der Waals surface area contributed by atoms with E-state index in [4.69, 9.17) is 0 Å². The summed E-state index contributed by atoms with van der Waals surface area (Å²) >= 11 is 0. The smallest absolute Gasteiger partial charge is 0.220 e. The predicted molar refractivity (Wildman–Crippen MR) is 98.8 cm³/mol. The second kappa shape index (κ2) is 9.71. The Morgan fingerprint density at radius 1 is 1.09 bits per heavy atom. The van der Waals surface area contributed by atoms with Gasteiger partial charge in [-0.1, -0.05) is 52.0 Å². The fraction of sp³-hybridized carbons (Fsp3) is 0.650. The number of carbonyl (C=O) groups excluding carboxylic acids is 1. The van der Waals surface area contributed by atoms with E-state index in [1.54, 1.807) is 0 Å². The topological polar surface area (TPSA) is 32.3 Å². The second-order valence-electron chi connectivity index (χ2n) is 7.55. The number of benzene rings is 1. The van der Waals surface area contributed by atoms with E-state index >= 15 is 0 Å². The summed E-state index contributed by atoms with van der Waals surface area (Å²) in [6.07, 6.45) is 2.39. The van der Waals surface area contributed by atoms with Gasteiger partial charge in [-0.25, -0.2) is 0 Å². The second-order valence-corrected chi connectivity index (χ2v) is 7.55. The van der Waals surface area contributed by atoms with Gasteiger partial charge in [-0.2, -0.15) is 0 Å². The summed E-state index contributed by atoms with van der Waals surface area (Å²) in [4.78, 5) is 14.4. The van der Waals surface area contributed by atoms with Crippen LogP contribution in [0.5, 0.6) is 0 Å². The maximum Gasteiger partial charge on any atom is 0.220 e. The molecule has 0 saturated carbocycles. The van der Waals surface area contributed by atoms with E-state index in [1.807, 2.05) is 0 Å². The molecule has 1 aromatic rings. The average Bonchev–Trinajstić information content (AvgIpc) is 2.44. The van der Waals surface area contributed by atoms with E-state index in [9.17, 15) is 4.79 Å². The molecule has 1 atom stereocenters. The van der Waals surface area contributed by atoms with Gasteiger partial charge in [0, 0.05) is 19.0 Å². The van der Waals surface area contributed by atoms with Crippen molar-refractivity contribution in [2.24, 2.45) is 5.92 Å². The number of nitrogens with zero attached hydrogens (tertiary/aromatic N) is 1. The third-order valence-corrected chi connectivity index (χ3v) is 3.99. The van der Waals surface area contributed by atoms with Gasteiger partial charge in [0.15, 0.2) is 0 Å². The quantitative estimate of drug-likeness (QED) is 0.750. The summed E-state index contributed by atoms with van der Waals surface area (Å²) in [6.45, 7) is 9.69. The van der Waals surface area contributed by atoms with Gasteiger partial charge in [-0.05, 0) is 49.9 Å². The fourth-order valence-electron chi connectivity index (χ4n) is 2.82. The maximum absolute atomic E-state index is 12.2. The van der Waals surface area contributed by atoms with Gasteiger partial charge in [0.05, 0.1) is 0 Å². The lowest BCUT2D eigenvalue weighted by molar-refractivity contribution is -0.121. The lowest BCUT2D eigenvalue weighted by Gasteiger charge is -2.24. The first kappa shape index (κ1) is 19.7. The van der Waals surface area contributed by atoms with Gasteiger partial charge in [-0.15, -0.1) is 0 Å². The van der Waals surface area contributed by atoms with Crippen molar-refractivity contribution in [1.82, 2.24) is 10.2 Å². The Kier molecular flexibility index (Phi) is 8.32. The summed E-state index contributed by atoms with van der Waals surface area (Å²) in [7, 11) is 4.10. The van der Waals surface area contributed by atoms with E-state index in [-0.39, 0.29) is 11.9 Å². The van der Waals surface area contributed by atoms with E-state index in [0.717, 1.165) is 19.4 Å². The lowest BCUT2D eigenvalue weighted by atomic mass is 10.00. The van der Waals surface area contributed by atoms with Gasteiger partial charge in [0.2, 0.25) is 5.91 Å². The van der Waals surface area contributed by atoms with Crippen LogP contribution in [0.15, 0.2) is 24.3 Å². The zero-order valence-electron chi connectivity index (χ0n) is 15.7. The van der Waals surface area contributed by atoms with Gasteiger partial charge >= 0.3 is 0 Å². The molecule has 0 heterocycles. The summed E-state index contributed by atoms with van der Waals surface area (Å²) in [5, 5.41) is 3.20. The Labute approximate surface area is 142 Å². The Hall–Kier alpha value is -1.35. The molecule has 0 aliphatic heterocycles. The highest BCUT2D eigenvalue weighted by Gasteiger charge is 2.15. The normalized spacial score (nSPS) is 12.9. The van der Waals surface area contributed by atoms with Crippen molar-refractivity contribution in [2.45, 2.75) is 58.9 Å². The van der Waals surface area contributed by atoms with Crippen LogP contribution in [0.1, 0.15) is 57.6 Å². The molecule has 3 nitrogen and oxygen atoms in total. The predicted octanol–water partition coefficient (Wildman–Crippen LogP) is 3.84. The minimum Gasteiger partial charge on any atom is -0.352 e. The molecule has 130 valence electrons. The van der Waals surface area contributed by atoms with E-state index in [1.165, 1.54) is 11.1 Å². The van der Waals surface area contributed by atoms with Gasteiger partial charge < -0.3 is 10.2 Å². The van der Waals surface area contributed by atoms with E-state index < -0.39 is 0 Å². The SMILES string of the molecule is CC(C)CC(CN(C)C)NC(=O)CCc1ccc(C(C)C)cc1. The summed E-state index contributed by atoms with van der Waals surface area (Å²) < 4.78 is 0. The third-order valence-electron chi connectivity index (χ3n) is 3.99. The molecule has 0 bridgehead atoms. The first-order valence-corrected chi connectivity index (χ1v) is 8.80. The van der Waals surface area contributed by atoms with Crippen LogP contribution in [0.2, 0.25) is 0 Å². The molecule has 0 aromatic heterocycles. The minimum atomic E-state index is 0.158. The van der Waals surface area contributed by atoms with Crippen LogP contribution in [-0.4, -0.2) is 37.5 Å². The van der Waals surface area contributed by atoms with Crippen LogP contribution < -0.4 is 5.32 Å². The van der Waals surface area contributed by atoms with Crippen molar-refractivity contribution in [1.29, 1.82) is 0 Å². The Morgan fingerprint density at radius 2 is 1.70 bits per heavy atom. The van der Waals surface area contributed by atoms with Gasteiger partial charge in [0.25, 0.3) is 0 Å². The highest BCUT2D eigenvalue weighted by molar-refractivity contribution is 5.76. The standard InChI is InChI=1S/C20H34N2O/c1-15(2)13-19(14-22(5)6)21-20(23)12-9-17-7-10-18(11-8-17)16(3)4/h7-8,10-11,15-16,19H,9,12-14H2,1-6H3,(H,21,23). The summed E-state index contributed by atoms with van der Waals surface area (Å²) in [6, 6.07) is 8.87. The number of aryl methyl sites for hydroxylation is 1. The minimum absolute atomic E-state index is 0.158. The Morgan fingerprint density at radius 3 is 2.17 bits per heavy atom. The number of likely N-dealkylation sites (N-methyl/N-ethyl adjacent to an activating group) is 1. The van der Waals surface area contributed by atoms with Crippen LogP contribution in [0.4, 0.5) is 0 Å². The molecule has 1 rings (SSSR count). The molecule has 3 heteroatoms. The van der Waals surface area contributed by atoms with Crippen molar-refractivity contribution >= 4 is 5.91 Å². The highest BCUT2D eigenvalue weighted by Crippen LogP contribution is 2.15. The third kappa shape index (κ3) is 8.17. The zero-order valence-corrected chi connectivity index (χ0v) is 15.7. The molecule has 1 unspecified atom stereocenters. The number of hydrogen-bond acceptors (Lipinski definition) is 2. The fourth-order valence-corrected chi connectivity index (χ4v) is 2.82. The van der Waals surface area contributed by atoms with Crippen LogP contribution >= 0.6 is 0 Å². The van der Waals surface area contributed by atoms with Crippen molar-refractivity contribution in [3.63, 3.8) is 0 Å². The molecule has 1 aromatic carbocycles. The first-order chi connectivity index (χ1) is 10.8. The molecule has 1 amide bonds. The van der Waals surface area contributed by atoms with E-state index in [2.05, 4.69) is 76.3 Å². The molecule has 0 spiro atoms. The molecule has 0 fully saturated rings. The average molecular weight is 319 g/mol. The number of amides is 1. The van der Waals surface area contributed by atoms with Crippen molar-refractivity contribution in [2.75, 3.05) is 20.6 Å². The molecular weight excluding hydrogens is 284 g/mol. The maximum atomic E-state index is 12.2. The summed E-state index contributed by atoms with van der Waals surface area (Å²) in [5.74, 6) is 1.30. The lowest BCUT2D eigenvalue weighted by Crippen LogP contribution is -2.42. The molecule has 0 radical (unpaired) electrons. The molecule has 0 aliphatic carbocycles. The largest absolute Gasteiger partial charge is 0.352 e. The zero-order chi connectivity index (χ0) is 17.4. The van der Waals surface area contributed by atoms with Crippen molar-refractivity contribution in [3.8, 4) is 0 Å². The molecule has 0 saturated heterocycles. The van der Waals surface area contributed by atoms with Crippen molar-refractivity contribution < 1.29 is 4.79 Å². The molecule has 0 aliphatic rings. The van der Waals surface area contributed by atoms with Crippen LogP contribution in [0, 0.1) is 5.92 Å². The Bertz CT molecular complexity index is 453. The monoisotopic (exact) mass is 318 g/mol. The van der Waals surface area contributed by atoms with Crippen LogP contribution in [-0.2, 0) is 11.2 Å². The van der Waals surface area contributed by atoms with E-state index in [0.29, 0.717) is 18.3 Å². The highest BCUT2D eigenvalue weighted by atomic mass is 16.1. The number of carbonyl (C=O) groups is 1. The molecule has 1 N–H and O–H groups in total. The number of nitrogens with one attached hydrogen (secondary N) is 1. The van der Waals surface area contributed by atoms with Crippen LogP contribution in [0.3, 0.4) is 0 Å². The van der Waals surface area contributed by atoms with Gasteiger partial charge in [0.1, 0.15) is 0 Å². The van der Waals surface area contributed by atoms with Crippen LogP contribution in [0.25, 0.3) is 0 Å². The number of hydrogen-bond donors (Lipinski definition) is 1. The molecular formula is C20H34N2O. The number of rotatable bonds is 9. The van der Waals surface area contributed by atoms with Gasteiger partial charge in [-0.3, -0.25) is 4.79 Å². The van der Waals surface area contributed by atoms with Crippen molar-refractivity contribution in [3.05, 3.63) is 35.4 Å². The first-order valence-electron chi connectivity index (χ1n) is 8.80. The molecule has 23 heavy (non-hydrogen) atoms. The summed E-state index contributed by atoms with van der Waals surface area (Å²) in [5.41, 5.74) is 2.58.